The summed E-state index contributed by atoms with van der Waals surface area (Å²) < 4.78 is 5.40. The number of aromatic nitrogens is 2. The highest BCUT2D eigenvalue weighted by molar-refractivity contribution is 5.77. The molecule has 1 amide bonds. The Morgan fingerprint density at radius 1 is 1.38 bits per heavy atom. The van der Waals surface area contributed by atoms with Crippen molar-refractivity contribution in [2.75, 3.05) is 43.0 Å². The molecule has 2 heterocycles. The fraction of sp³-hybridized carbons (Fsp3) is 0.643. The number of nitrogens with zero attached hydrogens (tertiary/aromatic N) is 3. The zero-order chi connectivity index (χ0) is 15.1. The Labute approximate surface area is 125 Å². The fourth-order valence-corrected chi connectivity index (χ4v) is 2.17. The number of carbonyl (C=O) groups excluding carboxylic acids is 1. The molecule has 7 heteroatoms. The first-order chi connectivity index (χ1) is 10.2. The van der Waals surface area contributed by atoms with Gasteiger partial charge in [-0.25, -0.2) is 9.97 Å². The summed E-state index contributed by atoms with van der Waals surface area (Å²) in [5.41, 5.74) is 0. The molecule has 0 radical (unpaired) electrons. The minimum atomic E-state index is 0.0907. The van der Waals surface area contributed by atoms with Crippen LogP contribution in [0.2, 0.25) is 0 Å². The third-order valence-corrected chi connectivity index (χ3v) is 3.19. The lowest BCUT2D eigenvalue weighted by atomic mass is 10.3. The van der Waals surface area contributed by atoms with E-state index in [-0.39, 0.29) is 5.91 Å². The molecule has 0 atom stereocenters. The van der Waals surface area contributed by atoms with E-state index in [0.29, 0.717) is 38.5 Å². The Balaban J connectivity index is 2.19. The topological polar surface area (TPSA) is 79.4 Å². The quantitative estimate of drug-likeness (QED) is 0.806. The van der Waals surface area contributed by atoms with Crippen molar-refractivity contribution in [3.05, 3.63) is 11.9 Å². The van der Waals surface area contributed by atoms with Gasteiger partial charge in [0.15, 0.2) is 5.82 Å². The lowest BCUT2D eigenvalue weighted by Crippen LogP contribution is -2.29. The largest absolute Gasteiger partial charge is 0.374 e. The molecule has 21 heavy (non-hydrogen) atoms. The second-order valence-corrected chi connectivity index (χ2v) is 4.78. The van der Waals surface area contributed by atoms with E-state index in [0.717, 1.165) is 24.7 Å². The van der Waals surface area contributed by atoms with Crippen molar-refractivity contribution in [3.63, 3.8) is 0 Å². The highest BCUT2D eigenvalue weighted by Gasteiger charge is 2.16. The SMILES string of the molecule is CCNc1cc(N2CCNC(=O)CC2)nc(COCC)n1. The lowest BCUT2D eigenvalue weighted by molar-refractivity contribution is -0.120. The van der Waals surface area contributed by atoms with Crippen molar-refractivity contribution in [1.29, 1.82) is 0 Å². The Hall–Kier alpha value is -1.89. The van der Waals surface area contributed by atoms with E-state index in [2.05, 4.69) is 25.5 Å². The van der Waals surface area contributed by atoms with Crippen LogP contribution in [0, 0.1) is 0 Å². The zero-order valence-electron chi connectivity index (χ0n) is 12.7. The normalized spacial score (nSPS) is 15.5. The van der Waals surface area contributed by atoms with Crippen LogP contribution in [0.25, 0.3) is 0 Å². The van der Waals surface area contributed by atoms with Gasteiger partial charge in [0, 0.05) is 45.3 Å². The second kappa shape index (κ2) is 7.78. The molecule has 0 aliphatic carbocycles. The Morgan fingerprint density at radius 2 is 2.24 bits per heavy atom. The molecule has 0 bridgehead atoms. The molecule has 1 fully saturated rings. The van der Waals surface area contributed by atoms with Crippen molar-refractivity contribution >= 4 is 17.5 Å². The molecule has 1 saturated heterocycles. The number of rotatable bonds is 6. The summed E-state index contributed by atoms with van der Waals surface area (Å²) in [5.74, 6) is 2.38. The van der Waals surface area contributed by atoms with Gasteiger partial charge in [0.1, 0.15) is 18.2 Å². The van der Waals surface area contributed by atoms with Gasteiger partial charge in [-0.2, -0.15) is 0 Å². The molecule has 1 aliphatic heterocycles. The summed E-state index contributed by atoms with van der Waals surface area (Å²) in [4.78, 5) is 22.5. The van der Waals surface area contributed by atoms with Gasteiger partial charge < -0.3 is 20.3 Å². The zero-order valence-corrected chi connectivity index (χ0v) is 12.7. The first kappa shape index (κ1) is 15.5. The number of ether oxygens (including phenoxy) is 1. The minimum absolute atomic E-state index is 0.0907. The first-order valence-corrected chi connectivity index (χ1v) is 7.44. The summed E-state index contributed by atoms with van der Waals surface area (Å²) in [6.07, 6.45) is 0.487. The molecule has 7 nitrogen and oxygen atoms in total. The van der Waals surface area contributed by atoms with Crippen LogP contribution < -0.4 is 15.5 Å². The van der Waals surface area contributed by atoms with Crippen molar-refractivity contribution < 1.29 is 9.53 Å². The molecular formula is C14H23N5O2. The van der Waals surface area contributed by atoms with Crippen LogP contribution in [-0.2, 0) is 16.1 Å². The average Bonchev–Trinajstić information content (AvgIpc) is 2.70. The molecular weight excluding hydrogens is 270 g/mol. The molecule has 0 spiro atoms. The van der Waals surface area contributed by atoms with E-state index in [1.165, 1.54) is 0 Å². The summed E-state index contributed by atoms with van der Waals surface area (Å²) in [6.45, 7) is 7.86. The maximum Gasteiger partial charge on any atom is 0.221 e. The number of amides is 1. The van der Waals surface area contributed by atoms with Crippen LogP contribution in [0.5, 0.6) is 0 Å². The summed E-state index contributed by atoms with van der Waals surface area (Å²) in [5, 5.41) is 6.08. The number of hydrogen-bond donors (Lipinski definition) is 2. The van der Waals surface area contributed by atoms with E-state index in [4.69, 9.17) is 4.74 Å². The number of hydrogen-bond acceptors (Lipinski definition) is 6. The van der Waals surface area contributed by atoms with Crippen LogP contribution in [0.1, 0.15) is 26.1 Å². The van der Waals surface area contributed by atoms with E-state index in [1.807, 2.05) is 19.9 Å². The van der Waals surface area contributed by atoms with Crippen LogP contribution in [0.15, 0.2) is 6.07 Å². The van der Waals surface area contributed by atoms with Crippen LogP contribution >= 0.6 is 0 Å². The van der Waals surface area contributed by atoms with Crippen molar-refractivity contribution in [2.24, 2.45) is 0 Å². The molecule has 0 aromatic carbocycles. The fourth-order valence-electron chi connectivity index (χ4n) is 2.17. The molecule has 2 N–H and O–H groups in total. The van der Waals surface area contributed by atoms with Crippen LogP contribution in [0.3, 0.4) is 0 Å². The predicted molar refractivity (Wildman–Crippen MR) is 81.4 cm³/mol. The lowest BCUT2D eigenvalue weighted by Gasteiger charge is -2.21. The molecule has 0 saturated carbocycles. The van der Waals surface area contributed by atoms with E-state index < -0.39 is 0 Å². The monoisotopic (exact) mass is 293 g/mol. The van der Waals surface area contributed by atoms with Gasteiger partial charge in [0.2, 0.25) is 5.91 Å². The van der Waals surface area contributed by atoms with Gasteiger partial charge in [-0.15, -0.1) is 0 Å². The van der Waals surface area contributed by atoms with Gasteiger partial charge >= 0.3 is 0 Å². The van der Waals surface area contributed by atoms with Gasteiger partial charge in [0.25, 0.3) is 0 Å². The first-order valence-electron chi connectivity index (χ1n) is 7.44. The van der Waals surface area contributed by atoms with E-state index >= 15 is 0 Å². The summed E-state index contributed by atoms with van der Waals surface area (Å²) in [6, 6.07) is 1.93. The second-order valence-electron chi connectivity index (χ2n) is 4.78. The molecule has 116 valence electrons. The van der Waals surface area contributed by atoms with Crippen molar-refractivity contribution in [1.82, 2.24) is 15.3 Å². The number of nitrogens with one attached hydrogen (secondary N) is 2. The van der Waals surface area contributed by atoms with Crippen molar-refractivity contribution in [3.8, 4) is 0 Å². The van der Waals surface area contributed by atoms with Gasteiger partial charge in [0.05, 0.1) is 0 Å². The highest BCUT2D eigenvalue weighted by atomic mass is 16.5. The maximum atomic E-state index is 11.4. The predicted octanol–water partition coefficient (Wildman–Crippen LogP) is 0.771. The van der Waals surface area contributed by atoms with Gasteiger partial charge in [-0.3, -0.25) is 4.79 Å². The smallest absolute Gasteiger partial charge is 0.221 e. The van der Waals surface area contributed by atoms with Gasteiger partial charge in [-0.1, -0.05) is 0 Å². The maximum absolute atomic E-state index is 11.4. The highest BCUT2D eigenvalue weighted by Crippen LogP contribution is 2.17. The molecule has 1 aliphatic rings. The van der Waals surface area contributed by atoms with Crippen molar-refractivity contribution in [2.45, 2.75) is 26.9 Å². The third kappa shape index (κ3) is 4.56. The summed E-state index contributed by atoms with van der Waals surface area (Å²) >= 11 is 0. The molecule has 2 rings (SSSR count). The number of anilines is 2. The number of carbonyl (C=O) groups is 1. The Kier molecular flexibility index (Phi) is 5.74. The average molecular weight is 293 g/mol. The Bertz CT molecular complexity index is 480. The Morgan fingerprint density at radius 3 is 3.00 bits per heavy atom. The van der Waals surface area contributed by atoms with Crippen LogP contribution in [0.4, 0.5) is 11.6 Å². The van der Waals surface area contributed by atoms with E-state index in [9.17, 15) is 4.79 Å². The summed E-state index contributed by atoms with van der Waals surface area (Å²) in [7, 11) is 0. The molecule has 0 unspecified atom stereocenters. The van der Waals surface area contributed by atoms with Gasteiger partial charge in [-0.05, 0) is 13.8 Å². The molecule has 1 aromatic heterocycles. The van der Waals surface area contributed by atoms with Crippen LogP contribution in [-0.4, -0.2) is 48.7 Å². The third-order valence-electron chi connectivity index (χ3n) is 3.19. The standard InChI is InChI=1S/C14H23N5O2/c1-3-15-11-9-13(18-12(17-11)10-21-4-2)19-7-5-14(20)16-6-8-19/h9H,3-8,10H2,1-2H3,(H,16,20)(H,15,17,18). The molecule has 1 aromatic rings. The minimum Gasteiger partial charge on any atom is -0.374 e. The van der Waals surface area contributed by atoms with E-state index in [1.54, 1.807) is 0 Å².